The summed E-state index contributed by atoms with van der Waals surface area (Å²) in [7, 11) is -3.37. The number of thiophene rings is 1. The van der Waals surface area contributed by atoms with Gasteiger partial charge in [0.15, 0.2) is 0 Å². The van der Waals surface area contributed by atoms with Crippen LogP contribution in [-0.4, -0.2) is 31.9 Å². The first-order valence-corrected chi connectivity index (χ1v) is 10.1. The van der Waals surface area contributed by atoms with Crippen LogP contribution in [0, 0.1) is 6.92 Å². The zero-order valence-corrected chi connectivity index (χ0v) is 14.8. The van der Waals surface area contributed by atoms with Crippen molar-refractivity contribution in [1.29, 1.82) is 0 Å². The van der Waals surface area contributed by atoms with Crippen molar-refractivity contribution in [2.75, 3.05) is 13.1 Å². The van der Waals surface area contributed by atoms with Gasteiger partial charge in [-0.3, -0.25) is 0 Å². The van der Waals surface area contributed by atoms with E-state index in [1.165, 1.54) is 12.8 Å². The molecule has 1 aliphatic rings. The predicted octanol–water partition coefficient (Wildman–Crippen LogP) is 3.12. The van der Waals surface area contributed by atoms with E-state index in [9.17, 15) is 8.42 Å². The van der Waals surface area contributed by atoms with Crippen LogP contribution in [-0.2, 0) is 16.6 Å². The lowest BCUT2D eigenvalue weighted by atomic mass is 10.3. The first-order chi connectivity index (χ1) is 10.0. The zero-order valence-electron chi connectivity index (χ0n) is 13.2. The quantitative estimate of drug-likeness (QED) is 0.757. The second-order valence-electron chi connectivity index (χ2n) is 5.73. The molecule has 1 saturated carbocycles. The highest BCUT2D eigenvalue weighted by Crippen LogP contribution is 2.31. The van der Waals surface area contributed by atoms with Crippen LogP contribution >= 0.6 is 11.3 Å². The minimum Gasteiger partial charge on any atom is -0.309 e. The molecule has 0 unspecified atom stereocenters. The molecule has 0 aromatic carbocycles. The van der Waals surface area contributed by atoms with E-state index in [4.69, 9.17) is 0 Å². The second kappa shape index (κ2) is 7.22. The molecular formula is C15H26N2O2S2. The molecule has 0 saturated heterocycles. The van der Waals surface area contributed by atoms with Crippen LogP contribution in [0.15, 0.2) is 10.3 Å². The normalized spacial score (nSPS) is 15.8. The molecule has 21 heavy (non-hydrogen) atoms. The molecule has 1 aliphatic carbocycles. The molecule has 1 aromatic heterocycles. The van der Waals surface area contributed by atoms with Crippen LogP contribution in [0.5, 0.6) is 0 Å². The van der Waals surface area contributed by atoms with Gasteiger partial charge in [-0.05, 0) is 43.6 Å². The molecule has 0 spiro atoms. The van der Waals surface area contributed by atoms with Crippen molar-refractivity contribution in [1.82, 2.24) is 9.62 Å². The van der Waals surface area contributed by atoms with Gasteiger partial charge in [0.25, 0.3) is 0 Å². The van der Waals surface area contributed by atoms with Gasteiger partial charge in [0.1, 0.15) is 4.90 Å². The summed E-state index contributed by atoms with van der Waals surface area (Å²) in [5.74, 6) is 0. The zero-order chi connectivity index (χ0) is 15.5. The van der Waals surface area contributed by atoms with E-state index in [-0.39, 0.29) is 0 Å². The van der Waals surface area contributed by atoms with Crippen molar-refractivity contribution in [2.24, 2.45) is 0 Å². The maximum atomic E-state index is 13.0. The summed E-state index contributed by atoms with van der Waals surface area (Å²) in [5.41, 5.74) is 0.879. The second-order valence-corrected chi connectivity index (χ2v) is 8.57. The molecule has 0 radical (unpaired) electrons. The third-order valence-electron chi connectivity index (χ3n) is 3.66. The topological polar surface area (TPSA) is 49.4 Å². The standard InChI is InChI=1S/C15H26N2O2S2/c1-4-8-17(9-5-2)21(18,19)15-12(3)11-20-14(15)10-16-13-6-7-13/h11,13,16H,4-10H2,1-3H3. The monoisotopic (exact) mass is 330 g/mol. The lowest BCUT2D eigenvalue weighted by Gasteiger charge is -2.22. The van der Waals surface area contributed by atoms with Gasteiger partial charge in [0.2, 0.25) is 10.0 Å². The summed E-state index contributed by atoms with van der Waals surface area (Å²) in [5, 5.41) is 5.39. The predicted molar refractivity (Wildman–Crippen MR) is 88.3 cm³/mol. The van der Waals surface area contributed by atoms with Crippen molar-refractivity contribution >= 4 is 21.4 Å². The molecule has 0 atom stereocenters. The SMILES string of the molecule is CCCN(CCC)S(=O)(=O)c1c(C)csc1CNC1CC1. The average Bonchev–Trinajstić information content (AvgIpc) is 3.18. The van der Waals surface area contributed by atoms with Gasteiger partial charge >= 0.3 is 0 Å². The molecule has 0 aliphatic heterocycles. The van der Waals surface area contributed by atoms with Crippen LogP contribution in [0.1, 0.15) is 50.0 Å². The average molecular weight is 331 g/mol. The van der Waals surface area contributed by atoms with Crippen molar-refractivity contribution in [3.05, 3.63) is 15.8 Å². The molecule has 1 aromatic rings. The molecule has 2 rings (SSSR count). The number of hydrogen-bond acceptors (Lipinski definition) is 4. The Hall–Kier alpha value is -0.430. The fourth-order valence-corrected chi connectivity index (χ4v) is 5.80. The minimum absolute atomic E-state index is 0.544. The Morgan fingerprint density at radius 2 is 1.90 bits per heavy atom. The van der Waals surface area contributed by atoms with Crippen molar-refractivity contribution < 1.29 is 8.42 Å². The smallest absolute Gasteiger partial charge is 0.244 e. The molecule has 4 nitrogen and oxygen atoms in total. The largest absolute Gasteiger partial charge is 0.309 e. The van der Waals surface area contributed by atoms with E-state index in [1.807, 2.05) is 26.2 Å². The number of rotatable bonds is 9. The Kier molecular flexibility index (Phi) is 5.82. The maximum absolute atomic E-state index is 13.0. The van der Waals surface area contributed by atoms with Crippen molar-refractivity contribution in [2.45, 2.75) is 63.9 Å². The molecule has 1 fully saturated rings. The van der Waals surface area contributed by atoms with Gasteiger partial charge in [0.05, 0.1) is 0 Å². The van der Waals surface area contributed by atoms with Gasteiger partial charge < -0.3 is 5.32 Å². The molecule has 6 heteroatoms. The van der Waals surface area contributed by atoms with Gasteiger partial charge in [0, 0.05) is 30.6 Å². The van der Waals surface area contributed by atoms with Crippen LogP contribution < -0.4 is 5.32 Å². The van der Waals surface area contributed by atoms with E-state index < -0.39 is 10.0 Å². The molecular weight excluding hydrogens is 304 g/mol. The fraction of sp³-hybridized carbons (Fsp3) is 0.733. The molecule has 120 valence electrons. The van der Waals surface area contributed by atoms with E-state index >= 15 is 0 Å². The molecule has 0 amide bonds. The number of hydrogen-bond donors (Lipinski definition) is 1. The number of sulfonamides is 1. The van der Waals surface area contributed by atoms with E-state index in [1.54, 1.807) is 15.6 Å². The van der Waals surface area contributed by atoms with Crippen LogP contribution in [0.25, 0.3) is 0 Å². The Morgan fingerprint density at radius 3 is 2.43 bits per heavy atom. The Balaban J connectivity index is 2.25. The Bertz CT molecular complexity index is 556. The highest BCUT2D eigenvalue weighted by Gasteiger charge is 2.29. The highest BCUT2D eigenvalue weighted by atomic mass is 32.2. The van der Waals surface area contributed by atoms with Gasteiger partial charge in [-0.1, -0.05) is 13.8 Å². The van der Waals surface area contributed by atoms with Crippen LogP contribution in [0.4, 0.5) is 0 Å². The summed E-state index contributed by atoms with van der Waals surface area (Å²) in [6.07, 6.45) is 4.12. The third kappa shape index (κ3) is 4.06. The summed E-state index contributed by atoms with van der Waals surface area (Å²) in [4.78, 5) is 1.50. The number of nitrogens with one attached hydrogen (secondary N) is 1. The number of aryl methyl sites for hydroxylation is 1. The summed E-state index contributed by atoms with van der Waals surface area (Å²) in [6, 6.07) is 0.588. The maximum Gasteiger partial charge on any atom is 0.244 e. The summed E-state index contributed by atoms with van der Waals surface area (Å²) < 4.78 is 27.6. The Morgan fingerprint density at radius 1 is 1.29 bits per heavy atom. The molecule has 1 heterocycles. The Labute approximate surface area is 132 Å². The third-order valence-corrected chi connectivity index (χ3v) is 7.02. The van der Waals surface area contributed by atoms with E-state index in [0.717, 1.165) is 23.3 Å². The van der Waals surface area contributed by atoms with Gasteiger partial charge in [-0.15, -0.1) is 11.3 Å². The molecule has 1 N–H and O–H groups in total. The minimum atomic E-state index is -3.37. The van der Waals surface area contributed by atoms with E-state index in [2.05, 4.69) is 5.32 Å². The fourth-order valence-electron chi connectivity index (χ4n) is 2.46. The van der Waals surface area contributed by atoms with Crippen molar-refractivity contribution in [3.8, 4) is 0 Å². The van der Waals surface area contributed by atoms with E-state index in [0.29, 0.717) is 30.6 Å². The lowest BCUT2D eigenvalue weighted by molar-refractivity contribution is 0.409. The first-order valence-electron chi connectivity index (χ1n) is 7.81. The van der Waals surface area contributed by atoms with Gasteiger partial charge in [-0.25, -0.2) is 8.42 Å². The summed E-state index contributed by atoms with van der Waals surface area (Å²) >= 11 is 1.56. The van der Waals surface area contributed by atoms with Crippen LogP contribution in [0.3, 0.4) is 0 Å². The summed E-state index contributed by atoms with van der Waals surface area (Å²) in [6.45, 7) is 7.81. The van der Waals surface area contributed by atoms with Crippen molar-refractivity contribution in [3.63, 3.8) is 0 Å². The molecule has 0 bridgehead atoms. The van der Waals surface area contributed by atoms with Crippen LogP contribution in [0.2, 0.25) is 0 Å². The number of nitrogens with zero attached hydrogens (tertiary/aromatic N) is 1. The lowest BCUT2D eigenvalue weighted by Crippen LogP contribution is -2.33. The first kappa shape index (κ1) is 16.9. The van der Waals surface area contributed by atoms with Gasteiger partial charge in [-0.2, -0.15) is 4.31 Å². The highest BCUT2D eigenvalue weighted by molar-refractivity contribution is 7.89.